The third-order valence-corrected chi connectivity index (χ3v) is 4.48. The first-order valence-electron chi connectivity index (χ1n) is 6.15. The molecule has 0 amide bonds. The van der Waals surface area contributed by atoms with E-state index in [1.54, 1.807) is 7.11 Å². The van der Waals surface area contributed by atoms with Crippen LogP contribution in [0.5, 0.6) is 0 Å². The minimum Gasteiger partial charge on any atom is -0.383 e. The van der Waals surface area contributed by atoms with Gasteiger partial charge in [0, 0.05) is 30.1 Å². The van der Waals surface area contributed by atoms with Crippen molar-refractivity contribution in [1.29, 1.82) is 0 Å². The second kappa shape index (κ2) is 5.51. The van der Waals surface area contributed by atoms with Gasteiger partial charge in [0.2, 0.25) is 0 Å². The van der Waals surface area contributed by atoms with Gasteiger partial charge in [0.05, 0.1) is 6.61 Å². The summed E-state index contributed by atoms with van der Waals surface area (Å²) in [6.07, 6.45) is 1.27. The minimum atomic E-state index is 0.327. The monoisotopic (exact) mass is 297 g/mol. The largest absolute Gasteiger partial charge is 0.383 e. The Morgan fingerprint density at radius 3 is 2.76 bits per heavy atom. The van der Waals surface area contributed by atoms with Gasteiger partial charge in [0.1, 0.15) is 0 Å². The Morgan fingerprint density at radius 2 is 2.18 bits per heavy atom. The first-order chi connectivity index (χ1) is 8.20. The van der Waals surface area contributed by atoms with Crippen LogP contribution in [0.3, 0.4) is 0 Å². The zero-order valence-electron chi connectivity index (χ0n) is 10.5. The lowest BCUT2D eigenvalue weighted by atomic mass is 9.93. The SMILES string of the molecule is COCCNCC1(c2ccccc2Br)CC1C. The Labute approximate surface area is 112 Å². The van der Waals surface area contributed by atoms with Crippen LogP contribution in [0.2, 0.25) is 0 Å². The molecule has 1 aromatic carbocycles. The maximum absolute atomic E-state index is 5.06. The van der Waals surface area contributed by atoms with Gasteiger partial charge in [0.15, 0.2) is 0 Å². The number of methoxy groups -OCH3 is 1. The number of halogens is 1. The molecule has 0 bridgehead atoms. The van der Waals surface area contributed by atoms with Crippen LogP contribution in [-0.2, 0) is 10.2 Å². The molecule has 0 spiro atoms. The van der Waals surface area contributed by atoms with Crippen molar-refractivity contribution >= 4 is 15.9 Å². The van der Waals surface area contributed by atoms with E-state index in [4.69, 9.17) is 4.74 Å². The van der Waals surface area contributed by atoms with E-state index in [2.05, 4.69) is 52.4 Å². The molecule has 0 aliphatic heterocycles. The first kappa shape index (κ1) is 13.1. The molecule has 1 aliphatic carbocycles. The van der Waals surface area contributed by atoms with Gasteiger partial charge in [-0.3, -0.25) is 0 Å². The lowest BCUT2D eigenvalue weighted by Gasteiger charge is -2.19. The highest BCUT2D eigenvalue weighted by molar-refractivity contribution is 9.10. The zero-order valence-corrected chi connectivity index (χ0v) is 12.1. The molecule has 3 heteroatoms. The topological polar surface area (TPSA) is 21.3 Å². The molecule has 0 radical (unpaired) electrons. The van der Waals surface area contributed by atoms with Crippen LogP contribution in [0.1, 0.15) is 18.9 Å². The highest BCUT2D eigenvalue weighted by Gasteiger charge is 2.52. The van der Waals surface area contributed by atoms with Gasteiger partial charge in [0.25, 0.3) is 0 Å². The third kappa shape index (κ3) is 2.72. The lowest BCUT2D eigenvalue weighted by Crippen LogP contribution is -2.30. The van der Waals surface area contributed by atoms with E-state index in [1.165, 1.54) is 16.5 Å². The summed E-state index contributed by atoms with van der Waals surface area (Å²) in [6, 6.07) is 8.58. The second-order valence-corrected chi connectivity index (χ2v) is 5.77. The maximum Gasteiger partial charge on any atom is 0.0587 e. The number of ether oxygens (including phenoxy) is 1. The summed E-state index contributed by atoms with van der Waals surface area (Å²) >= 11 is 3.67. The number of rotatable bonds is 6. The van der Waals surface area contributed by atoms with Crippen LogP contribution in [0.15, 0.2) is 28.7 Å². The van der Waals surface area contributed by atoms with Crippen LogP contribution in [0.4, 0.5) is 0 Å². The van der Waals surface area contributed by atoms with Crippen LogP contribution >= 0.6 is 15.9 Å². The summed E-state index contributed by atoms with van der Waals surface area (Å²) in [7, 11) is 1.74. The Morgan fingerprint density at radius 1 is 1.47 bits per heavy atom. The zero-order chi connectivity index (χ0) is 12.3. The van der Waals surface area contributed by atoms with Crippen molar-refractivity contribution < 1.29 is 4.74 Å². The van der Waals surface area contributed by atoms with Gasteiger partial charge < -0.3 is 10.1 Å². The smallest absolute Gasteiger partial charge is 0.0587 e. The molecule has 0 aromatic heterocycles. The standard InChI is InChI=1S/C14H20BrNO/c1-11-9-14(11,10-16-7-8-17-2)12-5-3-4-6-13(12)15/h3-6,11,16H,7-10H2,1-2H3. The molecule has 1 saturated carbocycles. The summed E-state index contributed by atoms with van der Waals surface area (Å²) in [5.41, 5.74) is 1.77. The van der Waals surface area contributed by atoms with Gasteiger partial charge in [-0.05, 0) is 24.0 Å². The Hall–Kier alpha value is -0.380. The molecule has 1 N–H and O–H groups in total. The van der Waals surface area contributed by atoms with E-state index >= 15 is 0 Å². The van der Waals surface area contributed by atoms with Crippen molar-refractivity contribution in [2.75, 3.05) is 26.8 Å². The van der Waals surface area contributed by atoms with E-state index in [-0.39, 0.29) is 0 Å². The molecule has 17 heavy (non-hydrogen) atoms. The molecule has 1 aliphatic rings. The first-order valence-corrected chi connectivity index (χ1v) is 6.94. The van der Waals surface area contributed by atoms with Crippen LogP contribution in [0, 0.1) is 5.92 Å². The number of benzene rings is 1. The van der Waals surface area contributed by atoms with Crippen molar-refractivity contribution in [2.45, 2.75) is 18.8 Å². The summed E-state index contributed by atoms with van der Waals surface area (Å²) in [4.78, 5) is 0. The molecule has 2 rings (SSSR count). The average molecular weight is 298 g/mol. The normalized spacial score (nSPS) is 27.1. The summed E-state index contributed by atoms with van der Waals surface area (Å²) < 4.78 is 6.30. The predicted octanol–water partition coefficient (Wildman–Crippen LogP) is 2.96. The summed E-state index contributed by atoms with van der Waals surface area (Å²) in [5.74, 6) is 0.760. The predicted molar refractivity (Wildman–Crippen MR) is 74.3 cm³/mol. The van der Waals surface area contributed by atoms with E-state index in [0.29, 0.717) is 5.41 Å². The van der Waals surface area contributed by atoms with Crippen molar-refractivity contribution in [3.63, 3.8) is 0 Å². The molecule has 2 atom stereocenters. The summed E-state index contributed by atoms with van der Waals surface area (Å²) in [5, 5.41) is 3.50. The number of hydrogen-bond acceptors (Lipinski definition) is 2. The molecule has 0 heterocycles. The third-order valence-electron chi connectivity index (χ3n) is 3.79. The fourth-order valence-corrected chi connectivity index (χ4v) is 3.23. The fraction of sp³-hybridized carbons (Fsp3) is 0.571. The van der Waals surface area contributed by atoms with Crippen LogP contribution in [-0.4, -0.2) is 26.8 Å². The minimum absolute atomic E-state index is 0.327. The quantitative estimate of drug-likeness (QED) is 0.815. The van der Waals surface area contributed by atoms with E-state index in [0.717, 1.165) is 25.6 Å². The fourth-order valence-electron chi connectivity index (χ4n) is 2.56. The Kier molecular flexibility index (Phi) is 4.23. The second-order valence-electron chi connectivity index (χ2n) is 4.91. The van der Waals surface area contributed by atoms with Crippen molar-refractivity contribution in [3.05, 3.63) is 34.3 Å². The van der Waals surface area contributed by atoms with Gasteiger partial charge in [-0.15, -0.1) is 0 Å². The lowest BCUT2D eigenvalue weighted by molar-refractivity contribution is 0.198. The molecular weight excluding hydrogens is 278 g/mol. The van der Waals surface area contributed by atoms with Gasteiger partial charge in [-0.2, -0.15) is 0 Å². The number of nitrogens with one attached hydrogen (secondary N) is 1. The van der Waals surface area contributed by atoms with Crippen LogP contribution < -0.4 is 5.32 Å². The Balaban J connectivity index is 2.03. The van der Waals surface area contributed by atoms with Crippen molar-refractivity contribution in [1.82, 2.24) is 5.32 Å². The van der Waals surface area contributed by atoms with Crippen molar-refractivity contribution in [2.24, 2.45) is 5.92 Å². The molecule has 2 unspecified atom stereocenters. The average Bonchev–Trinajstić information content (AvgIpc) is 2.97. The maximum atomic E-state index is 5.06. The van der Waals surface area contributed by atoms with E-state index in [9.17, 15) is 0 Å². The van der Waals surface area contributed by atoms with Gasteiger partial charge in [-0.1, -0.05) is 41.1 Å². The molecular formula is C14H20BrNO. The molecule has 94 valence electrons. The molecule has 1 fully saturated rings. The van der Waals surface area contributed by atoms with Gasteiger partial charge >= 0.3 is 0 Å². The molecule has 1 aromatic rings. The van der Waals surface area contributed by atoms with Crippen LogP contribution in [0.25, 0.3) is 0 Å². The highest BCUT2D eigenvalue weighted by Crippen LogP contribution is 2.55. The number of hydrogen-bond donors (Lipinski definition) is 1. The van der Waals surface area contributed by atoms with E-state index < -0.39 is 0 Å². The van der Waals surface area contributed by atoms with Crippen molar-refractivity contribution in [3.8, 4) is 0 Å². The summed E-state index contributed by atoms with van der Waals surface area (Å²) in [6.45, 7) is 5.08. The highest BCUT2D eigenvalue weighted by atomic mass is 79.9. The van der Waals surface area contributed by atoms with E-state index in [1.807, 2.05) is 0 Å². The molecule has 0 saturated heterocycles. The van der Waals surface area contributed by atoms with Gasteiger partial charge in [-0.25, -0.2) is 0 Å². The molecule has 2 nitrogen and oxygen atoms in total. The Bertz CT molecular complexity index is 382.